The zero-order valence-corrected chi connectivity index (χ0v) is 12.8. The topological polar surface area (TPSA) is 9.23 Å². The second-order valence-electron chi connectivity index (χ2n) is 4.45. The van der Waals surface area contributed by atoms with Crippen LogP contribution in [0.5, 0.6) is 0 Å². The Kier molecular flexibility index (Phi) is 5.78. The Balaban J connectivity index is 2.79. The molecule has 1 aromatic carbocycles. The van der Waals surface area contributed by atoms with E-state index < -0.39 is 0 Å². The van der Waals surface area contributed by atoms with E-state index in [0.717, 1.165) is 17.1 Å². The molecule has 0 N–H and O–H groups in total. The molecule has 0 amide bonds. The van der Waals surface area contributed by atoms with Crippen molar-refractivity contribution in [2.45, 2.75) is 44.9 Å². The highest BCUT2D eigenvalue weighted by Crippen LogP contribution is 2.36. The zero-order valence-electron chi connectivity index (χ0n) is 10.8. The van der Waals surface area contributed by atoms with Gasteiger partial charge in [0.25, 0.3) is 0 Å². The summed E-state index contributed by atoms with van der Waals surface area (Å²) in [5.41, 5.74) is 1.86. The molecule has 1 rings (SSSR count). The van der Waals surface area contributed by atoms with Crippen molar-refractivity contribution in [2.24, 2.45) is 0 Å². The molecule has 0 aromatic heterocycles. The summed E-state index contributed by atoms with van der Waals surface area (Å²) >= 11 is 0. The van der Waals surface area contributed by atoms with Gasteiger partial charge >= 0.3 is 0 Å². The highest BCUT2D eigenvalue weighted by Gasteiger charge is 2.27. The lowest BCUT2D eigenvalue weighted by Crippen LogP contribution is -2.24. The molecule has 0 saturated carbocycles. The van der Waals surface area contributed by atoms with Crippen LogP contribution in [0, 0.1) is 0 Å². The van der Waals surface area contributed by atoms with E-state index in [9.17, 15) is 0 Å². The van der Waals surface area contributed by atoms with E-state index in [4.69, 9.17) is 4.43 Å². The molecule has 0 saturated heterocycles. The summed E-state index contributed by atoms with van der Waals surface area (Å²) in [5.74, 6) is 0. The van der Waals surface area contributed by atoms with E-state index in [2.05, 4.69) is 44.2 Å². The predicted molar refractivity (Wildman–Crippen MR) is 73.8 cm³/mol. The Labute approximate surface area is 103 Å². The Bertz CT molecular complexity index is 280. The lowest BCUT2D eigenvalue weighted by molar-refractivity contribution is 0.286. The molecule has 0 spiro atoms. The standard InChI is InChI=1S/C14H24OSi/c1-3-14(4-2,11-8-12-15-16)13-9-6-5-7-10-13/h5-7,9-10H,3-4,8,11-12H2,1-2,16H3. The van der Waals surface area contributed by atoms with Gasteiger partial charge in [-0.3, -0.25) is 0 Å². The summed E-state index contributed by atoms with van der Waals surface area (Å²) in [5, 5.41) is 0. The number of hydrogen-bond acceptors (Lipinski definition) is 1. The smallest absolute Gasteiger partial charge is 0.145 e. The van der Waals surface area contributed by atoms with Crippen LogP contribution in [-0.2, 0) is 9.84 Å². The first-order valence-corrected chi connectivity index (χ1v) is 7.15. The highest BCUT2D eigenvalue weighted by atomic mass is 28.2. The van der Waals surface area contributed by atoms with Gasteiger partial charge in [0.2, 0.25) is 0 Å². The third kappa shape index (κ3) is 3.19. The molecule has 90 valence electrons. The van der Waals surface area contributed by atoms with Gasteiger partial charge in [-0.1, -0.05) is 44.2 Å². The van der Waals surface area contributed by atoms with Crippen LogP contribution in [0.4, 0.5) is 0 Å². The predicted octanol–water partition coefficient (Wildman–Crippen LogP) is 2.82. The van der Waals surface area contributed by atoms with Gasteiger partial charge in [-0.05, 0) is 36.7 Å². The molecule has 0 unspecified atom stereocenters. The normalized spacial score (nSPS) is 11.9. The third-order valence-corrected chi connectivity index (χ3v) is 4.15. The van der Waals surface area contributed by atoms with Crippen LogP contribution in [0.3, 0.4) is 0 Å². The Hall–Kier alpha value is -0.603. The molecule has 0 heterocycles. The van der Waals surface area contributed by atoms with E-state index in [1.54, 1.807) is 0 Å². The van der Waals surface area contributed by atoms with Crippen molar-refractivity contribution in [1.29, 1.82) is 0 Å². The maximum absolute atomic E-state index is 5.30. The Morgan fingerprint density at radius 2 is 1.75 bits per heavy atom. The van der Waals surface area contributed by atoms with E-state index in [0.29, 0.717) is 5.41 Å². The quantitative estimate of drug-likeness (QED) is 0.522. The molecule has 0 bridgehead atoms. The number of rotatable bonds is 7. The molecular weight excluding hydrogens is 212 g/mol. The van der Waals surface area contributed by atoms with Gasteiger partial charge in [0.05, 0.1) is 0 Å². The van der Waals surface area contributed by atoms with Crippen LogP contribution >= 0.6 is 0 Å². The largest absolute Gasteiger partial charge is 0.428 e. The van der Waals surface area contributed by atoms with Gasteiger partial charge in [-0.25, -0.2) is 0 Å². The number of hydrogen-bond donors (Lipinski definition) is 0. The Morgan fingerprint density at radius 1 is 1.12 bits per heavy atom. The molecule has 0 aliphatic carbocycles. The minimum atomic E-state index is 0.362. The molecule has 0 aliphatic rings. The number of benzene rings is 1. The monoisotopic (exact) mass is 236 g/mol. The molecule has 2 heteroatoms. The summed E-state index contributed by atoms with van der Waals surface area (Å²) in [4.78, 5) is 0. The van der Waals surface area contributed by atoms with Crippen LogP contribution in [-0.4, -0.2) is 17.1 Å². The van der Waals surface area contributed by atoms with Crippen LogP contribution < -0.4 is 0 Å². The lowest BCUT2D eigenvalue weighted by Gasteiger charge is -2.32. The average Bonchev–Trinajstić information content (AvgIpc) is 2.36. The molecule has 16 heavy (non-hydrogen) atoms. The minimum absolute atomic E-state index is 0.362. The van der Waals surface area contributed by atoms with Crippen molar-refractivity contribution in [2.75, 3.05) is 6.61 Å². The van der Waals surface area contributed by atoms with Crippen molar-refractivity contribution in [3.63, 3.8) is 0 Å². The fraction of sp³-hybridized carbons (Fsp3) is 0.571. The molecule has 0 atom stereocenters. The zero-order chi connectivity index (χ0) is 11.9. The Morgan fingerprint density at radius 3 is 2.25 bits per heavy atom. The second-order valence-corrected chi connectivity index (χ2v) is 5.03. The maximum Gasteiger partial charge on any atom is 0.145 e. The van der Waals surface area contributed by atoms with Crippen LogP contribution in [0.2, 0.25) is 0 Å². The van der Waals surface area contributed by atoms with Crippen LogP contribution in [0.25, 0.3) is 0 Å². The third-order valence-electron chi connectivity index (χ3n) is 3.74. The van der Waals surface area contributed by atoms with Gasteiger partial charge in [-0.2, -0.15) is 0 Å². The second kappa shape index (κ2) is 6.87. The fourth-order valence-electron chi connectivity index (χ4n) is 2.50. The highest BCUT2D eigenvalue weighted by molar-refractivity contribution is 5.97. The van der Waals surface area contributed by atoms with Gasteiger partial charge in [-0.15, -0.1) is 0 Å². The maximum atomic E-state index is 5.30. The molecule has 1 aromatic rings. The first kappa shape index (κ1) is 13.5. The van der Waals surface area contributed by atoms with Crippen molar-refractivity contribution < 1.29 is 4.43 Å². The first-order chi connectivity index (χ1) is 7.79. The lowest BCUT2D eigenvalue weighted by atomic mass is 9.72. The fourth-order valence-corrected chi connectivity index (χ4v) is 2.79. The summed E-state index contributed by atoms with van der Waals surface area (Å²) in [6.45, 7) is 5.54. The van der Waals surface area contributed by atoms with Crippen LogP contribution in [0.1, 0.15) is 45.1 Å². The van der Waals surface area contributed by atoms with Crippen molar-refractivity contribution in [3.8, 4) is 0 Å². The van der Waals surface area contributed by atoms with Gasteiger partial charge in [0.15, 0.2) is 0 Å². The van der Waals surface area contributed by atoms with E-state index in [-0.39, 0.29) is 0 Å². The summed E-state index contributed by atoms with van der Waals surface area (Å²) in [6, 6.07) is 10.9. The molecule has 0 fully saturated rings. The minimum Gasteiger partial charge on any atom is -0.428 e. The SMILES string of the molecule is CCC(CC)(CCCO[SiH3])c1ccccc1. The summed E-state index contributed by atoms with van der Waals surface area (Å²) in [6.07, 6.45) is 4.86. The van der Waals surface area contributed by atoms with Crippen molar-refractivity contribution in [3.05, 3.63) is 35.9 Å². The molecule has 0 radical (unpaired) electrons. The van der Waals surface area contributed by atoms with Gasteiger partial charge in [0.1, 0.15) is 10.5 Å². The van der Waals surface area contributed by atoms with E-state index in [1.165, 1.54) is 31.2 Å². The van der Waals surface area contributed by atoms with Crippen molar-refractivity contribution in [1.82, 2.24) is 0 Å². The van der Waals surface area contributed by atoms with Gasteiger partial charge in [0, 0.05) is 6.61 Å². The molecule has 1 nitrogen and oxygen atoms in total. The molecule has 0 aliphatic heterocycles. The van der Waals surface area contributed by atoms with E-state index in [1.807, 2.05) is 0 Å². The molecular formula is C14H24OSi. The van der Waals surface area contributed by atoms with Crippen LogP contribution in [0.15, 0.2) is 30.3 Å². The summed E-state index contributed by atoms with van der Waals surface area (Å²) < 4.78 is 5.30. The van der Waals surface area contributed by atoms with Gasteiger partial charge < -0.3 is 4.43 Å². The summed E-state index contributed by atoms with van der Waals surface area (Å²) in [7, 11) is 0.863. The van der Waals surface area contributed by atoms with Crippen molar-refractivity contribution >= 4 is 10.5 Å². The first-order valence-electron chi connectivity index (χ1n) is 6.33. The van der Waals surface area contributed by atoms with E-state index >= 15 is 0 Å². The average molecular weight is 236 g/mol.